The number of benzene rings is 1. The zero-order valence-corrected chi connectivity index (χ0v) is 12.2. The smallest absolute Gasteiger partial charge is 0.0837 e. The molecule has 1 N–H and O–H groups in total. The van der Waals surface area contributed by atoms with Crippen molar-refractivity contribution in [1.29, 1.82) is 0 Å². The summed E-state index contributed by atoms with van der Waals surface area (Å²) in [5.41, 5.74) is 2.54. The summed E-state index contributed by atoms with van der Waals surface area (Å²) in [5, 5.41) is 9.65. The van der Waals surface area contributed by atoms with Crippen LogP contribution < -0.4 is 0 Å². The van der Waals surface area contributed by atoms with E-state index in [1.54, 1.807) is 6.20 Å². The summed E-state index contributed by atoms with van der Waals surface area (Å²) >= 11 is 0. The fourth-order valence-corrected chi connectivity index (χ4v) is 3.61. The van der Waals surface area contributed by atoms with Crippen molar-refractivity contribution in [2.45, 2.75) is 32.2 Å². The molecule has 1 aromatic carbocycles. The van der Waals surface area contributed by atoms with Crippen LogP contribution in [0.3, 0.4) is 0 Å². The maximum atomic E-state index is 4.31. The van der Waals surface area contributed by atoms with E-state index in [4.69, 9.17) is 0 Å². The Bertz CT molecular complexity index is 724. The summed E-state index contributed by atoms with van der Waals surface area (Å²) in [6.07, 6.45) is 9.81. The highest BCUT2D eigenvalue weighted by Crippen LogP contribution is 2.46. The lowest BCUT2D eigenvalue weighted by Gasteiger charge is -2.26. The van der Waals surface area contributed by atoms with Gasteiger partial charge in [-0.1, -0.05) is 36.8 Å². The minimum atomic E-state index is 0.279. The second-order valence-electron chi connectivity index (χ2n) is 6.03. The first-order valence-corrected chi connectivity index (χ1v) is 7.80. The van der Waals surface area contributed by atoms with Gasteiger partial charge in [-0.2, -0.15) is 0 Å². The van der Waals surface area contributed by atoms with Gasteiger partial charge in [-0.15, -0.1) is 5.10 Å². The molecule has 0 bridgehead atoms. The lowest BCUT2D eigenvalue weighted by Crippen LogP contribution is -2.22. The molecule has 1 aliphatic carbocycles. The summed E-state index contributed by atoms with van der Waals surface area (Å²) in [5.74, 6) is 1.46. The predicted octanol–water partition coefficient (Wildman–Crippen LogP) is 3.79. The second-order valence-corrected chi connectivity index (χ2v) is 6.03. The molecule has 1 aliphatic rings. The maximum absolute atomic E-state index is 4.31. The molecular weight excluding hydrogens is 260 g/mol. The molecule has 1 fully saturated rings. The first kappa shape index (κ1) is 12.6. The number of rotatable bonds is 5. The van der Waals surface area contributed by atoms with Crippen LogP contribution in [0.2, 0.25) is 0 Å². The molecule has 4 nitrogen and oxygen atoms in total. The van der Waals surface area contributed by atoms with E-state index in [1.807, 2.05) is 10.9 Å². The number of hydrogen-bond donors (Lipinski definition) is 1. The lowest BCUT2D eigenvalue weighted by molar-refractivity contribution is 0.304. The summed E-state index contributed by atoms with van der Waals surface area (Å²) in [7, 11) is 0. The van der Waals surface area contributed by atoms with Crippen molar-refractivity contribution < 1.29 is 0 Å². The molecule has 108 valence electrons. The van der Waals surface area contributed by atoms with E-state index in [0.29, 0.717) is 5.92 Å². The van der Waals surface area contributed by atoms with Crippen LogP contribution in [-0.2, 0) is 0 Å². The van der Waals surface area contributed by atoms with Crippen LogP contribution in [0.5, 0.6) is 0 Å². The maximum Gasteiger partial charge on any atom is 0.0837 e. The van der Waals surface area contributed by atoms with Crippen molar-refractivity contribution in [3.05, 3.63) is 48.4 Å². The van der Waals surface area contributed by atoms with Crippen molar-refractivity contribution in [1.82, 2.24) is 20.0 Å². The van der Waals surface area contributed by atoms with E-state index < -0.39 is 0 Å². The van der Waals surface area contributed by atoms with E-state index in [9.17, 15) is 0 Å². The van der Waals surface area contributed by atoms with Crippen molar-refractivity contribution in [2.75, 3.05) is 0 Å². The van der Waals surface area contributed by atoms with Crippen molar-refractivity contribution in [3.8, 4) is 0 Å². The fraction of sp³-hybridized carbons (Fsp3) is 0.412. The van der Waals surface area contributed by atoms with Gasteiger partial charge in [0.2, 0.25) is 0 Å². The van der Waals surface area contributed by atoms with E-state index >= 15 is 0 Å². The van der Waals surface area contributed by atoms with Gasteiger partial charge in [-0.25, -0.2) is 4.68 Å². The van der Waals surface area contributed by atoms with Gasteiger partial charge in [-0.3, -0.25) is 0 Å². The van der Waals surface area contributed by atoms with Crippen LogP contribution in [0.25, 0.3) is 10.9 Å². The number of aromatic nitrogens is 4. The Morgan fingerprint density at radius 3 is 2.90 bits per heavy atom. The zero-order valence-electron chi connectivity index (χ0n) is 12.2. The molecule has 2 unspecified atom stereocenters. The Hall–Kier alpha value is -2.10. The predicted molar refractivity (Wildman–Crippen MR) is 83.0 cm³/mol. The summed E-state index contributed by atoms with van der Waals surface area (Å²) < 4.78 is 2.04. The first-order valence-electron chi connectivity index (χ1n) is 7.80. The molecule has 21 heavy (non-hydrogen) atoms. The SMILES string of the molecule is CCC(C1CC1)C(c1c[nH]c2ccccc12)n1ccnn1. The second kappa shape index (κ2) is 5.02. The monoisotopic (exact) mass is 280 g/mol. The number of H-pyrrole nitrogens is 1. The van der Waals surface area contributed by atoms with Gasteiger partial charge in [0.15, 0.2) is 0 Å². The highest BCUT2D eigenvalue weighted by atomic mass is 15.4. The summed E-state index contributed by atoms with van der Waals surface area (Å²) in [4.78, 5) is 3.41. The molecule has 2 aromatic heterocycles. The van der Waals surface area contributed by atoms with E-state index in [-0.39, 0.29) is 6.04 Å². The highest BCUT2D eigenvalue weighted by Gasteiger charge is 2.38. The number of nitrogens with one attached hydrogen (secondary N) is 1. The molecule has 1 saturated carbocycles. The Morgan fingerprint density at radius 2 is 2.19 bits per heavy atom. The number of fused-ring (bicyclic) bond motifs is 1. The van der Waals surface area contributed by atoms with E-state index in [0.717, 1.165) is 5.92 Å². The highest BCUT2D eigenvalue weighted by molar-refractivity contribution is 5.83. The van der Waals surface area contributed by atoms with Crippen LogP contribution in [0.15, 0.2) is 42.9 Å². The molecule has 0 amide bonds. The van der Waals surface area contributed by atoms with Crippen LogP contribution >= 0.6 is 0 Å². The van der Waals surface area contributed by atoms with E-state index in [2.05, 4.69) is 52.7 Å². The molecule has 0 saturated heterocycles. The number of nitrogens with zero attached hydrogens (tertiary/aromatic N) is 3. The number of para-hydroxylation sites is 1. The van der Waals surface area contributed by atoms with Crippen molar-refractivity contribution in [3.63, 3.8) is 0 Å². The van der Waals surface area contributed by atoms with E-state index in [1.165, 1.54) is 35.7 Å². The molecule has 3 aromatic rings. The van der Waals surface area contributed by atoms with Crippen molar-refractivity contribution in [2.24, 2.45) is 11.8 Å². The fourth-order valence-electron chi connectivity index (χ4n) is 3.61. The Balaban J connectivity index is 1.85. The van der Waals surface area contributed by atoms with Crippen molar-refractivity contribution >= 4 is 10.9 Å². The van der Waals surface area contributed by atoms with Crippen LogP contribution in [0.4, 0.5) is 0 Å². The van der Waals surface area contributed by atoms with Gasteiger partial charge in [0.1, 0.15) is 0 Å². The van der Waals surface area contributed by atoms with Crippen LogP contribution in [-0.4, -0.2) is 20.0 Å². The first-order chi connectivity index (χ1) is 10.4. The molecule has 0 aliphatic heterocycles. The van der Waals surface area contributed by atoms with Gasteiger partial charge in [0.25, 0.3) is 0 Å². The molecule has 0 spiro atoms. The van der Waals surface area contributed by atoms with Crippen LogP contribution in [0.1, 0.15) is 37.8 Å². The Labute approximate surface area is 124 Å². The largest absolute Gasteiger partial charge is 0.361 e. The number of aromatic amines is 1. The third-order valence-corrected chi connectivity index (χ3v) is 4.77. The summed E-state index contributed by atoms with van der Waals surface area (Å²) in [6.45, 7) is 2.29. The normalized spacial score (nSPS) is 18.0. The Morgan fingerprint density at radius 1 is 1.33 bits per heavy atom. The van der Waals surface area contributed by atoms with Gasteiger partial charge in [-0.05, 0) is 30.7 Å². The van der Waals surface area contributed by atoms with Gasteiger partial charge >= 0.3 is 0 Å². The minimum Gasteiger partial charge on any atom is -0.361 e. The third-order valence-electron chi connectivity index (χ3n) is 4.77. The Kier molecular flexibility index (Phi) is 3.02. The average Bonchev–Trinajstić information content (AvgIpc) is 3.05. The zero-order chi connectivity index (χ0) is 14.2. The standard InChI is InChI=1S/C17H20N4/c1-2-13(12-7-8-12)17(21-10-9-19-20-21)15-11-18-16-6-4-3-5-14(15)16/h3-6,9-13,17-18H,2,7-8H2,1H3. The molecule has 0 radical (unpaired) electrons. The summed E-state index contributed by atoms with van der Waals surface area (Å²) in [6, 6.07) is 8.79. The molecular formula is C17H20N4. The van der Waals surface area contributed by atoms with Gasteiger partial charge in [0.05, 0.1) is 12.2 Å². The molecule has 4 heteroatoms. The molecule has 2 heterocycles. The molecule has 2 atom stereocenters. The van der Waals surface area contributed by atoms with Gasteiger partial charge < -0.3 is 4.98 Å². The topological polar surface area (TPSA) is 46.5 Å². The van der Waals surface area contributed by atoms with Crippen LogP contribution in [0, 0.1) is 11.8 Å². The molecule has 4 rings (SSSR count). The lowest BCUT2D eigenvalue weighted by atomic mass is 9.87. The average molecular weight is 280 g/mol. The minimum absolute atomic E-state index is 0.279. The third kappa shape index (κ3) is 2.15. The van der Waals surface area contributed by atoms with Gasteiger partial charge in [0, 0.05) is 28.9 Å². The number of hydrogen-bond acceptors (Lipinski definition) is 2. The quantitative estimate of drug-likeness (QED) is 0.773.